The zero-order valence-corrected chi connectivity index (χ0v) is 9.32. The number of carbonyl (C=O) groups excluding carboxylic acids is 1. The van der Waals surface area contributed by atoms with E-state index in [1.165, 1.54) is 11.1 Å². The first-order chi connectivity index (χ1) is 7.83. The van der Waals surface area contributed by atoms with Gasteiger partial charge in [-0.3, -0.25) is 0 Å². The molecule has 0 fully saturated rings. The predicted octanol–water partition coefficient (Wildman–Crippen LogP) is 2.70. The minimum Gasteiger partial charge on any atom is -0.497 e. The molecule has 3 nitrogen and oxygen atoms in total. The summed E-state index contributed by atoms with van der Waals surface area (Å²) in [5, 5.41) is 1.18. The maximum Gasteiger partial charge on any atom is 0.120 e. The molecule has 1 aromatic carbocycles. The van der Waals surface area contributed by atoms with E-state index in [1.54, 1.807) is 7.11 Å². The number of unbranched alkanes of at least 4 members (excludes halogenated alkanes) is 1. The van der Waals surface area contributed by atoms with Crippen LogP contribution in [0.3, 0.4) is 0 Å². The Morgan fingerprint density at radius 2 is 2.25 bits per heavy atom. The predicted molar refractivity (Wildman–Crippen MR) is 63.9 cm³/mol. The Morgan fingerprint density at radius 1 is 1.38 bits per heavy atom. The van der Waals surface area contributed by atoms with Crippen LogP contribution in [0.1, 0.15) is 18.5 Å². The first-order valence-electron chi connectivity index (χ1n) is 5.43. The SMILES string of the molecule is COc1ccc2cc(CCCC=O)[nH]c2c1. The third kappa shape index (κ3) is 2.24. The Balaban J connectivity index is 2.19. The second-order valence-electron chi connectivity index (χ2n) is 3.81. The van der Waals surface area contributed by atoms with Crippen molar-refractivity contribution in [1.82, 2.24) is 4.98 Å². The molecule has 1 N–H and O–H groups in total. The summed E-state index contributed by atoms with van der Waals surface area (Å²) < 4.78 is 5.16. The van der Waals surface area contributed by atoms with E-state index in [0.717, 1.165) is 30.4 Å². The molecule has 0 spiro atoms. The van der Waals surface area contributed by atoms with E-state index in [1.807, 2.05) is 18.2 Å². The summed E-state index contributed by atoms with van der Waals surface area (Å²) in [6.45, 7) is 0. The van der Waals surface area contributed by atoms with Crippen LogP contribution in [0.25, 0.3) is 10.9 Å². The van der Waals surface area contributed by atoms with Crippen molar-refractivity contribution in [2.45, 2.75) is 19.3 Å². The number of rotatable bonds is 5. The van der Waals surface area contributed by atoms with Crippen LogP contribution in [0.15, 0.2) is 24.3 Å². The lowest BCUT2D eigenvalue weighted by Crippen LogP contribution is -1.85. The lowest BCUT2D eigenvalue weighted by atomic mass is 10.2. The summed E-state index contributed by atoms with van der Waals surface area (Å²) in [4.78, 5) is 13.6. The van der Waals surface area contributed by atoms with Crippen LogP contribution in [-0.2, 0) is 11.2 Å². The minimum absolute atomic E-state index is 0.624. The van der Waals surface area contributed by atoms with Gasteiger partial charge in [0, 0.05) is 23.7 Å². The highest BCUT2D eigenvalue weighted by Gasteiger charge is 2.01. The number of aromatic nitrogens is 1. The first-order valence-corrected chi connectivity index (χ1v) is 5.43. The van der Waals surface area contributed by atoms with Crippen molar-refractivity contribution in [2.24, 2.45) is 0 Å². The highest BCUT2D eigenvalue weighted by atomic mass is 16.5. The van der Waals surface area contributed by atoms with Gasteiger partial charge in [-0.2, -0.15) is 0 Å². The van der Waals surface area contributed by atoms with Crippen molar-refractivity contribution >= 4 is 17.2 Å². The number of aromatic amines is 1. The van der Waals surface area contributed by atoms with E-state index >= 15 is 0 Å². The largest absolute Gasteiger partial charge is 0.497 e. The van der Waals surface area contributed by atoms with Crippen molar-refractivity contribution in [2.75, 3.05) is 7.11 Å². The normalized spacial score (nSPS) is 10.6. The topological polar surface area (TPSA) is 42.1 Å². The average Bonchev–Trinajstić information content (AvgIpc) is 2.70. The van der Waals surface area contributed by atoms with Crippen LogP contribution in [-0.4, -0.2) is 18.4 Å². The van der Waals surface area contributed by atoms with Crippen LogP contribution >= 0.6 is 0 Å². The number of nitrogens with one attached hydrogen (secondary N) is 1. The molecule has 0 saturated heterocycles. The number of carbonyl (C=O) groups is 1. The molecule has 0 amide bonds. The molecule has 0 radical (unpaired) electrons. The summed E-state index contributed by atoms with van der Waals surface area (Å²) in [5.74, 6) is 0.855. The quantitative estimate of drug-likeness (QED) is 0.618. The molecule has 1 heterocycles. The summed E-state index contributed by atoms with van der Waals surface area (Å²) >= 11 is 0. The molecule has 1 aromatic heterocycles. The Kier molecular flexibility index (Phi) is 3.25. The Bertz CT molecular complexity index is 488. The summed E-state index contributed by atoms with van der Waals surface area (Å²) in [6, 6.07) is 8.09. The van der Waals surface area contributed by atoms with Gasteiger partial charge in [0.05, 0.1) is 7.11 Å². The molecule has 2 rings (SSSR count). The second kappa shape index (κ2) is 4.84. The maximum absolute atomic E-state index is 10.2. The molecular weight excluding hydrogens is 202 g/mol. The van der Waals surface area contributed by atoms with Crippen LogP contribution < -0.4 is 4.74 Å². The van der Waals surface area contributed by atoms with Crippen LogP contribution in [0.4, 0.5) is 0 Å². The first kappa shape index (κ1) is 10.7. The van der Waals surface area contributed by atoms with E-state index in [-0.39, 0.29) is 0 Å². The summed E-state index contributed by atoms with van der Waals surface area (Å²) in [5.41, 5.74) is 2.26. The Hall–Kier alpha value is -1.77. The number of aryl methyl sites for hydroxylation is 1. The lowest BCUT2D eigenvalue weighted by molar-refractivity contribution is -0.107. The number of hydrogen-bond acceptors (Lipinski definition) is 2. The van der Waals surface area contributed by atoms with Gasteiger partial charge in [0.25, 0.3) is 0 Å². The smallest absolute Gasteiger partial charge is 0.120 e. The number of H-pyrrole nitrogens is 1. The van der Waals surface area contributed by atoms with E-state index < -0.39 is 0 Å². The van der Waals surface area contributed by atoms with Crippen molar-refractivity contribution in [3.63, 3.8) is 0 Å². The van der Waals surface area contributed by atoms with E-state index in [4.69, 9.17) is 4.74 Å². The van der Waals surface area contributed by atoms with Gasteiger partial charge in [-0.25, -0.2) is 0 Å². The van der Waals surface area contributed by atoms with Crippen molar-refractivity contribution in [1.29, 1.82) is 0 Å². The molecule has 0 bridgehead atoms. The molecule has 0 aliphatic carbocycles. The third-order valence-electron chi connectivity index (χ3n) is 2.65. The lowest BCUT2D eigenvalue weighted by Gasteiger charge is -1.97. The number of aldehydes is 1. The van der Waals surface area contributed by atoms with Crippen molar-refractivity contribution in [3.05, 3.63) is 30.0 Å². The van der Waals surface area contributed by atoms with Crippen molar-refractivity contribution < 1.29 is 9.53 Å². The van der Waals surface area contributed by atoms with Gasteiger partial charge in [0.1, 0.15) is 12.0 Å². The van der Waals surface area contributed by atoms with Crippen LogP contribution in [0.2, 0.25) is 0 Å². The molecule has 2 aromatic rings. The Morgan fingerprint density at radius 3 is 3.00 bits per heavy atom. The van der Waals surface area contributed by atoms with Gasteiger partial charge in [0.2, 0.25) is 0 Å². The summed E-state index contributed by atoms with van der Waals surface area (Å²) in [6.07, 6.45) is 3.40. The highest BCUT2D eigenvalue weighted by Crippen LogP contribution is 2.21. The fraction of sp³-hybridized carbons (Fsp3) is 0.308. The molecular formula is C13H15NO2. The fourth-order valence-electron chi connectivity index (χ4n) is 1.80. The van der Waals surface area contributed by atoms with E-state index in [0.29, 0.717) is 6.42 Å². The molecule has 16 heavy (non-hydrogen) atoms. The van der Waals surface area contributed by atoms with Crippen molar-refractivity contribution in [3.8, 4) is 5.75 Å². The van der Waals surface area contributed by atoms with Gasteiger partial charge >= 0.3 is 0 Å². The fourth-order valence-corrected chi connectivity index (χ4v) is 1.80. The maximum atomic E-state index is 10.2. The van der Waals surface area contributed by atoms with Gasteiger partial charge in [0.15, 0.2) is 0 Å². The third-order valence-corrected chi connectivity index (χ3v) is 2.65. The zero-order valence-electron chi connectivity index (χ0n) is 9.32. The Labute approximate surface area is 94.4 Å². The van der Waals surface area contributed by atoms with E-state index in [9.17, 15) is 4.79 Å². The average molecular weight is 217 g/mol. The number of methoxy groups -OCH3 is 1. The monoisotopic (exact) mass is 217 g/mol. The zero-order chi connectivity index (χ0) is 11.4. The minimum atomic E-state index is 0.624. The second-order valence-corrected chi connectivity index (χ2v) is 3.81. The van der Waals surface area contributed by atoms with Gasteiger partial charge in [-0.15, -0.1) is 0 Å². The van der Waals surface area contributed by atoms with Crippen LogP contribution in [0.5, 0.6) is 5.75 Å². The molecule has 84 valence electrons. The molecule has 3 heteroatoms. The standard InChI is InChI=1S/C13H15NO2/c1-16-12-6-5-10-8-11(4-2-3-7-15)14-13(10)9-12/h5-9,14H,2-4H2,1H3. The molecule has 0 aliphatic heterocycles. The summed E-state index contributed by atoms with van der Waals surface area (Å²) in [7, 11) is 1.66. The van der Waals surface area contributed by atoms with Gasteiger partial charge < -0.3 is 14.5 Å². The molecule has 0 aliphatic rings. The number of hydrogen-bond donors (Lipinski definition) is 1. The van der Waals surface area contributed by atoms with Crippen LogP contribution in [0, 0.1) is 0 Å². The van der Waals surface area contributed by atoms with Gasteiger partial charge in [-0.05, 0) is 36.4 Å². The van der Waals surface area contributed by atoms with Gasteiger partial charge in [-0.1, -0.05) is 0 Å². The molecule has 0 unspecified atom stereocenters. The number of ether oxygens (including phenoxy) is 1. The van der Waals surface area contributed by atoms with E-state index in [2.05, 4.69) is 11.1 Å². The highest BCUT2D eigenvalue weighted by molar-refractivity contribution is 5.81. The molecule has 0 atom stereocenters. The number of fused-ring (bicyclic) bond motifs is 1. The number of benzene rings is 1. The molecule has 0 saturated carbocycles.